The summed E-state index contributed by atoms with van der Waals surface area (Å²) in [6.07, 6.45) is 5.33. The number of carbonyl (C=O) groups excluding carboxylic acids is 1. The summed E-state index contributed by atoms with van der Waals surface area (Å²) < 4.78 is 5.37. The fourth-order valence-corrected chi connectivity index (χ4v) is 3.80. The molecule has 1 N–H and O–H groups in total. The van der Waals surface area contributed by atoms with Gasteiger partial charge in [-0.3, -0.25) is 4.79 Å². The number of ether oxygens (including phenoxy) is 1. The number of amides is 1. The highest BCUT2D eigenvalue weighted by Crippen LogP contribution is 2.24. The van der Waals surface area contributed by atoms with Gasteiger partial charge in [0.15, 0.2) is 0 Å². The van der Waals surface area contributed by atoms with E-state index in [1.54, 1.807) is 13.2 Å². The zero-order valence-electron chi connectivity index (χ0n) is 17.1. The third kappa shape index (κ3) is 4.80. The molecular formula is C22H30N4O2. The number of methoxy groups -OCH3 is 1. The highest BCUT2D eigenvalue weighted by atomic mass is 16.5. The molecule has 2 aromatic rings. The smallest absolute Gasteiger partial charge is 0.270 e. The molecule has 0 radical (unpaired) electrons. The largest absolute Gasteiger partial charge is 0.496 e. The first-order valence-electron chi connectivity index (χ1n) is 10.1. The molecule has 6 nitrogen and oxygen atoms in total. The van der Waals surface area contributed by atoms with Crippen molar-refractivity contribution in [3.63, 3.8) is 0 Å². The van der Waals surface area contributed by atoms with Gasteiger partial charge in [-0.25, -0.2) is 9.97 Å². The lowest BCUT2D eigenvalue weighted by Crippen LogP contribution is -2.40. The molecular weight excluding hydrogens is 352 g/mol. The molecule has 1 aromatic carbocycles. The average molecular weight is 383 g/mol. The molecule has 0 bridgehead atoms. The summed E-state index contributed by atoms with van der Waals surface area (Å²) >= 11 is 0. The van der Waals surface area contributed by atoms with Gasteiger partial charge in [0.2, 0.25) is 5.95 Å². The van der Waals surface area contributed by atoms with Crippen LogP contribution in [0.3, 0.4) is 0 Å². The van der Waals surface area contributed by atoms with E-state index < -0.39 is 0 Å². The number of rotatable bonds is 7. The van der Waals surface area contributed by atoms with E-state index in [0.29, 0.717) is 30.6 Å². The van der Waals surface area contributed by atoms with E-state index in [0.717, 1.165) is 42.8 Å². The molecule has 1 aliphatic rings. The summed E-state index contributed by atoms with van der Waals surface area (Å²) in [5.41, 5.74) is 2.33. The normalized spacial score (nSPS) is 16.7. The Morgan fingerprint density at radius 1 is 1.29 bits per heavy atom. The van der Waals surface area contributed by atoms with Crippen molar-refractivity contribution in [1.29, 1.82) is 0 Å². The molecule has 1 atom stereocenters. The lowest BCUT2D eigenvalue weighted by Gasteiger charge is -2.35. The van der Waals surface area contributed by atoms with E-state index in [1.165, 1.54) is 6.42 Å². The Bertz CT molecular complexity index is 809. The molecule has 3 rings (SSSR count). The van der Waals surface area contributed by atoms with Crippen LogP contribution in [0.5, 0.6) is 5.75 Å². The Hall–Kier alpha value is -2.63. The predicted octanol–water partition coefficient (Wildman–Crippen LogP) is 3.54. The van der Waals surface area contributed by atoms with Crippen LogP contribution in [0.25, 0.3) is 0 Å². The van der Waals surface area contributed by atoms with Crippen molar-refractivity contribution in [1.82, 2.24) is 15.3 Å². The van der Waals surface area contributed by atoms with Crippen LogP contribution < -0.4 is 15.0 Å². The van der Waals surface area contributed by atoms with Gasteiger partial charge in [-0.1, -0.05) is 25.1 Å². The van der Waals surface area contributed by atoms with Gasteiger partial charge in [-0.2, -0.15) is 0 Å². The number of piperidine rings is 1. The van der Waals surface area contributed by atoms with Crippen molar-refractivity contribution in [2.24, 2.45) is 0 Å². The first-order valence-corrected chi connectivity index (χ1v) is 10.1. The Balaban J connectivity index is 1.67. The predicted molar refractivity (Wildman–Crippen MR) is 111 cm³/mol. The Morgan fingerprint density at radius 2 is 2.11 bits per heavy atom. The highest BCUT2D eigenvalue weighted by Gasteiger charge is 2.24. The number of carbonyl (C=O) groups is 1. The van der Waals surface area contributed by atoms with Crippen LogP contribution in [0.15, 0.2) is 30.3 Å². The number of aryl methyl sites for hydroxylation is 1. The molecule has 1 saturated heterocycles. The molecule has 0 aliphatic carbocycles. The van der Waals surface area contributed by atoms with Crippen molar-refractivity contribution >= 4 is 11.9 Å². The maximum Gasteiger partial charge on any atom is 0.270 e. The summed E-state index contributed by atoms with van der Waals surface area (Å²) in [4.78, 5) is 24.1. The number of hydrogen-bond acceptors (Lipinski definition) is 5. The van der Waals surface area contributed by atoms with Crippen LogP contribution >= 0.6 is 0 Å². The SMILES string of the molecule is CCC1CCCCN1c1nc(C)cc(C(=O)NCCc2ccccc2OC)n1. The second-order valence-corrected chi connectivity index (χ2v) is 7.26. The van der Waals surface area contributed by atoms with E-state index in [9.17, 15) is 4.79 Å². The summed E-state index contributed by atoms with van der Waals surface area (Å²) in [6.45, 7) is 5.60. The molecule has 150 valence electrons. The van der Waals surface area contributed by atoms with Gasteiger partial charge in [-0.05, 0) is 56.7 Å². The average Bonchev–Trinajstić information content (AvgIpc) is 2.73. The van der Waals surface area contributed by atoms with Crippen LogP contribution in [-0.4, -0.2) is 42.1 Å². The zero-order valence-corrected chi connectivity index (χ0v) is 17.1. The van der Waals surface area contributed by atoms with Crippen molar-refractivity contribution in [2.45, 2.75) is 52.0 Å². The zero-order chi connectivity index (χ0) is 19.9. The Kier molecular flexibility index (Phi) is 6.85. The van der Waals surface area contributed by atoms with Crippen molar-refractivity contribution < 1.29 is 9.53 Å². The van der Waals surface area contributed by atoms with Gasteiger partial charge in [0, 0.05) is 24.8 Å². The molecule has 1 amide bonds. The van der Waals surface area contributed by atoms with Crippen LogP contribution in [0.1, 0.15) is 54.4 Å². The first kappa shape index (κ1) is 20.1. The number of benzene rings is 1. The molecule has 1 aliphatic heterocycles. The van der Waals surface area contributed by atoms with E-state index in [-0.39, 0.29) is 5.91 Å². The maximum atomic E-state index is 12.7. The highest BCUT2D eigenvalue weighted by molar-refractivity contribution is 5.92. The molecule has 28 heavy (non-hydrogen) atoms. The lowest BCUT2D eigenvalue weighted by atomic mass is 10.0. The minimum atomic E-state index is -0.160. The minimum absolute atomic E-state index is 0.160. The fourth-order valence-electron chi connectivity index (χ4n) is 3.80. The van der Waals surface area contributed by atoms with Crippen molar-refractivity contribution in [2.75, 3.05) is 25.1 Å². The number of anilines is 1. The van der Waals surface area contributed by atoms with Crippen molar-refractivity contribution in [3.05, 3.63) is 47.3 Å². The molecule has 2 heterocycles. The number of aromatic nitrogens is 2. The number of nitrogens with zero attached hydrogens (tertiary/aromatic N) is 3. The third-order valence-corrected chi connectivity index (χ3v) is 5.30. The number of nitrogens with one attached hydrogen (secondary N) is 1. The Morgan fingerprint density at radius 3 is 2.89 bits per heavy atom. The third-order valence-electron chi connectivity index (χ3n) is 5.30. The van der Waals surface area contributed by atoms with Crippen molar-refractivity contribution in [3.8, 4) is 5.75 Å². The van der Waals surface area contributed by atoms with Gasteiger partial charge in [0.1, 0.15) is 11.4 Å². The second-order valence-electron chi connectivity index (χ2n) is 7.26. The molecule has 1 unspecified atom stereocenters. The Labute approximate surface area is 167 Å². The summed E-state index contributed by atoms with van der Waals surface area (Å²) in [5, 5.41) is 2.98. The van der Waals surface area contributed by atoms with E-state index in [1.807, 2.05) is 31.2 Å². The quantitative estimate of drug-likeness (QED) is 0.793. The van der Waals surface area contributed by atoms with E-state index in [2.05, 4.69) is 27.1 Å². The molecule has 6 heteroatoms. The topological polar surface area (TPSA) is 67.4 Å². The van der Waals surface area contributed by atoms with Crippen LogP contribution in [-0.2, 0) is 6.42 Å². The monoisotopic (exact) mass is 382 g/mol. The minimum Gasteiger partial charge on any atom is -0.496 e. The molecule has 1 fully saturated rings. The van der Waals surface area contributed by atoms with Gasteiger partial charge in [0.25, 0.3) is 5.91 Å². The number of hydrogen-bond donors (Lipinski definition) is 1. The van der Waals surface area contributed by atoms with Gasteiger partial charge < -0.3 is 15.0 Å². The summed E-state index contributed by atoms with van der Waals surface area (Å²) in [5.74, 6) is 1.36. The molecule has 0 saturated carbocycles. The fraction of sp³-hybridized carbons (Fsp3) is 0.500. The maximum absolute atomic E-state index is 12.7. The van der Waals surface area contributed by atoms with E-state index in [4.69, 9.17) is 4.74 Å². The van der Waals surface area contributed by atoms with Crippen LogP contribution in [0, 0.1) is 6.92 Å². The van der Waals surface area contributed by atoms with Crippen LogP contribution in [0.2, 0.25) is 0 Å². The second kappa shape index (κ2) is 9.53. The summed E-state index contributed by atoms with van der Waals surface area (Å²) in [7, 11) is 1.66. The standard InChI is InChI=1S/C22H30N4O2/c1-4-18-10-7-8-14-26(18)22-24-16(2)15-19(25-22)21(27)23-13-12-17-9-5-6-11-20(17)28-3/h5-6,9,11,15,18H,4,7-8,10,12-14H2,1-3H3,(H,23,27). The van der Waals surface area contributed by atoms with E-state index >= 15 is 0 Å². The molecule has 0 spiro atoms. The molecule has 1 aromatic heterocycles. The van der Waals surface area contributed by atoms with Crippen LogP contribution in [0.4, 0.5) is 5.95 Å². The van der Waals surface area contributed by atoms with Gasteiger partial charge in [0.05, 0.1) is 7.11 Å². The first-order chi connectivity index (χ1) is 13.6. The van der Waals surface area contributed by atoms with Gasteiger partial charge in [-0.15, -0.1) is 0 Å². The number of para-hydroxylation sites is 1. The summed E-state index contributed by atoms with van der Waals surface area (Å²) in [6, 6.07) is 10.1. The lowest BCUT2D eigenvalue weighted by molar-refractivity contribution is 0.0948. The van der Waals surface area contributed by atoms with Gasteiger partial charge >= 0.3 is 0 Å².